The largest absolute Gasteiger partial charge is 0.292 e. The third kappa shape index (κ3) is 2.00. The van der Waals surface area contributed by atoms with Gasteiger partial charge in [0.25, 0.3) is 12.1 Å². The molecule has 0 bridgehead atoms. The first kappa shape index (κ1) is 10.0. The van der Waals surface area contributed by atoms with Gasteiger partial charge in [0.15, 0.2) is 0 Å². The fourth-order valence-electron chi connectivity index (χ4n) is 0.901. The average Bonchev–Trinajstić information content (AvgIpc) is 2.02. The Balaban J connectivity index is 3.34. The summed E-state index contributed by atoms with van der Waals surface area (Å²) in [5.74, 6) is 0. The van der Waals surface area contributed by atoms with Crippen LogP contribution in [0.2, 0.25) is 0 Å². The quantitative estimate of drug-likeness (QED) is 0.598. The number of hydrogen-bond acceptors (Lipinski definition) is 2. The molecule has 6 heteroatoms. The molecule has 0 radical (unpaired) electrons. The van der Waals surface area contributed by atoms with Crippen LogP contribution in [-0.2, 0) is 0 Å². The summed E-state index contributed by atoms with van der Waals surface area (Å²) in [7, 11) is 0. The van der Waals surface area contributed by atoms with Crippen LogP contribution in [0.15, 0.2) is 22.7 Å². The maximum Gasteiger partial charge on any atom is 0.292 e. The number of para-hydroxylation sites is 1. The zero-order valence-electron chi connectivity index (χ0n) is 6.21. The minimum atomic E-state index is -2.84. The van der Waals surface area contributed by atoms with Gasteiger partial charge in [-0.1, -0.05) is 6.07 Å². The van der Waals surface area contributed by atoms with E-state index in [-0.39, 0.29) is 4.47 Å². The highest BCUT2D eigenvalue weighted by atomic mass is 79.9. The predicted octanol–water partition coefficient (Wildman–Crippen LogP) is 3.29. The maximum absolute atomic E-state index is 12.2. The molecule has 70 valence electrons. The van der Waals surface area contributed by atoms with E-state index >= 15 is 0 Å². The second kappa shape index (κ2) is 3.78. The van der Waals surface area contributed by atoms with Gasteiger partial charge in [0.2, 0.25) is 0 Å². The molecule has 0 aliphatic heterocycles. The summed E-state index contributed by atoms with van der Waals surface area (Å²) >= 11 is 2.84. The second-order valence-corrected chi connectivity index (χ2v) is 3.09. The van der Waals surface area contributed by atoms with Gasteiger partial charge in [-0.25, -0.2) is 8.78 Å². The molecule has 0 aromatic heterocycles. The lowest BCUT2D eigenvalue weighted by Crippen LogP contribution is -1.96. The molecule has 0 saturated carbocycles. The van der Waals surface area contributed by atoms with Crippen molar-refractivity contribution in [3.8, 4) is 0 Å². The average molecular weight is 252 g/mol. The summed E-state index contributed by atoms with van der Waals surface area (Å²) < 4.78 is 24.6. The highest BCUT2D eigenvalue weighted by Gasteiger charge is 2.23. The molecular weight excluding hydrogens is 248 g/mol. The molecule has 0 aliphatic carbocycles. The number of benzene rings is 1. The molecular formula is C7H4BrF2NO2. The van der Waals surface area contributed by atoms with Crippen molar-refractivity contribution in [3.63, 3.8) is 0 Å². The summed E-state index contributed by atoms with van der Waals surface area (Å²) in [6.45, 7) is 0. The Bertz CT molecular complexity index is 343. The van der Waals surface area contributed by atoms with Gasteiger partial charge in [0.1, 0.15) is 0 Å². The zero-order chi connectivity index (χ0) is 10.0. The third-order valence-electron chi connectivity index (χ3n) is 1.44. The monoisotopic (exact) mass is 251 g/mol. The molecule has 0 aliphatic rings. The Morgan fingerprint density at radius 2 is 2.08 bits per heavy atom. The number of halogens is 3. The van der Waals surface area contributed by atoms with E-state index in [0.29, 0.717) is 0 Å². The molecule has 13 heavy (non-hydrogen) atoms. The van der Waals surface area contributed by atoms with Crippen LogP contribution >= 0.6 is 15.9 Å². The van der Waals surface area contributed by atoms with Crippen LogP contribution in [0.25, 0.3) is 0 Å². The molecule has 0 amide bonds. The third-order valence-corrected chi connectivity index (χ3v) is 2.08. The van der Waals surface area contributed by atoms with Crippen LogP contribution < -0.4 is 0 Å². The number of rotatable bonds is 2. The molecule has 1 rings (SSSR count). The number of hydrogen-bond donors (Lipinski definition) is 0. The molecule has 0 heterocycles. The van der Waals surface area contributed by atoms with Gasteiger partial charge in [0, 0.05) is 0 Å². The van der Waals surface area contributed by atoms with Crippen molar-refractivity contribution < 1.29 is 13.7 Å². The minimum Gasteiger partial charge on any atom is -0.258 e. The Hall–Kier alpha value is -1.04. The lowest BCUT2D eigenvalue weighted by atomic mass is 10.2. The zero-order valence-corrected chi connectivity index (χ0v) is 7.79. The van der Waals surface area contributed by atoms with Gasteiger partial charge < -0.3 is 0 Å². The molecule has 0 N–H and O–H groups in total. The van der Waals surface area contributed by atoms with Crippen LogP contribution in [0.5, 0.6) is 0 Å². The highest BCUT2D eigenvalue weighted by molar-refractivity contribution is 9.10. The molecule has 0 fully saturated rings. The Labute approximate surface area is 80.6 Å². The van der Waals surface area contributed by atoms with Crippen molar-refractivity contribution in [1.29, 1.82) is 0 Å². The minimum absolute atomic E-state index is 0.0651. The van der Waals surface area contributed by atoms with E-state index in [2.05, 4.69) is 15.9 Å². The number of nitro groups is 1. The Morgan fingerprint density at radius 1 is 1.46 bits per heavy atom. The lowest BCUT2D eigenvalue weighted by Gasteiger charge is -2.01. The summed E-state index contributed by atoms with van der Waals surface area (Å²) in [6, 6.07) is 3.72. The standard InChI is InChI=1S/C7H4BrF2NO2/c8-5-3-1-2-4(7(9)10)6(5)11(12)13/h1-3,7H. The van der Waals surface area contributed by atoms with Gasteiger partial charge in [-0.15, -0.1) is 0 Å². The van der Waals surface area contributed by atoms with Crippen LogP contribution in [0.3, 0.4) is 0 Å². The normalized spacial score (nSPS) is 10.5. The fourth-order valence-corrected chi connectivity index (χ4v) is 1.43. The van der Waals surface area contributed by atoms with Crippen LogP contribution in [0, 0.1) is 10.1 Å². The molecule has 1 aromatic carbocycles. The maximum atomic E-state index is 12.2. The van der Waals surface area contributed by atoms with Gasteiger partial charge in [0.05, 0.1) is 15.0 Å². The molecule has 0 atom stereocenters. The lowest BCUT2D eigenvalue weighted by molar-refractivity contribution is -0.387. The first-order valence-corrected chi connectivity index (χ1v) is 4.04. The van der Waals surface area contributed by atoms with Crippen LogP contribution in [0.4, 0.5) is 14.5 Å². The number of nitrogens with zero attached hydrogens (tertiary/aromatic N) is 1. The van der Waals surface area contributed by atoms with E-state index in [0.717, 1.165) is 6.07 Å². The predicted molar refractivity (Wildman–Crippen MR) is 45.8 cm³/mol. The topological polar surface area (TPSA) is 43.1 Å². The van der Waals surface area contributed by atoms with E-state index in [1.165, 1.54) is 12.1 Å². The van der Waals surface area contributed by atoms with Crippen molar-refractivity contribution in [2.45, 2.75) is 6.43 Å². The van der Waals surface area contributed by atoms with E-state index in [9.17, 15) is 18.9 Å². The van der Waals surface area contributed by atoms with Gasteiger partial charge in [-0.2, -0.15) is 0 Å². The van der Waals surface area contributed by atoms with Crippen molar-refractivity contribution in [2.75, 3.05) is 0 Å². The number of alkyl halides is 2. The summed E-state index contributed by atoms with van der Waals surface area (Å²) in [4.78, 5) is 9.56. The van der Waals surface area contributed by atoms with Crippen molar-refractivity contribution in [2.24, 2.45) is 0 Å². The van der Waals surface area contributed by atoms with E-state index < -0.39 is 22.6 Å². The fraction of sp³-hybridized carbons (Fsp3) is 0.143. The molecule has 0 spiro atoms. The van der Waals surface area contributed by atoms with E-state index in [1.54, 1.807) is 0 Å². The molecule has 3 nitrogen and oxygen atoms in total. The van der Waals surface area contributed by atoms with Crippen molar-refractivity contribution in [3.05, 3.63) is 38.3 Å². The first-order valence-electron chi connectivity index (χ1n) is 3.25. The van der Waals surface area contributed by atoms with E-state index in [1.807, 2.05) is 0 Å². The Kier molecular flexibility index (Phi) is 2.92. The molecule has 1 aromatic rings. The van der Waals surface area contributed by atoms with Gasteiger partial charge in [-0.3, -0.25) is 10.1 Å². The smallest absolute Gasteiger partial charge is 0.258 e. The van der Waals surface area contributed by atoms with Gasteiger partial charge >= 0.3 is 0 Å². The SMILES string of the molecule is O=[N+]([O-])c1c(Br)cccc1C(F)F. The van der Waals surface area contributed by atoms with Gasteiger partial charge in [-0.05, 0) is 28.1 Å². The van der Waals surface area contributed by atoms with Crippen LogP contribution in [0.1, 0.15) is 12.0 Å². The first-order chi connectivity index (χ1) is 6.04. The molecule has 0 unspecified atom stereocenters. The summed E-state index contributed by atoms with van der Waals surface area (Å²) in [6.07, 6.45) is -2.84. The molecule has 0 saturated heterocycles. The second-order valence-electron chi connectivity index (χ2n) is 2.24. The summed E-state index contributed by atoms with van der Waals surface area (Å²) in [5, 5.41) is 10.4. The van der Waals surface area contributed by atoms with Crippen molar-refractivity contribution >= 4 is 21.6 Å². The van der Waals surface area contributed by atoms with E-state index in [4.69, 9.17) is 0 Å². The summed E-state index contributed by atoms with van der Waals surface area (Å²) in [5.41, 5.74) is -1.14. The Morgan fingerprint density at radius 3 is 2.46 bits per heavy atom. The number of nitro benzene ring substituents is 1. The van der Waals surface area contributed by atoms with Crippen molar-refractivity contribution in [1.82, 2.24) is 0 Å². The highest BCUT2D eigenvalue weighted by Crippen LogP contribution is 2.34. The van der Waals surface area contributed by atoms with Crippen LogP contribution in [-0.4, -0.2) is 4.92 Å².